The summed E-state index contributed by atoms with van der Waals surface area (Å²) >= 11 is 18.9. The summed E-state index contributed by atoms with van der Waals surface area (Å²) in [6, 6.07) is 18.7. The second-order valence-corrected chi connectivity index (χ2v) is 8.51. The normalized spacial score (nSPS) is 14.3. The minimum atomic E-state index is -0.0154. The predicted molar refractivity (Wildman–Crippen MR) is 129 cm³/mol. The molecule has 0 N–H and O–H groups in total. The number of hydrogen-bond donors (Lipinski definition) is 0. The van der Waals surface area contributed by atoms with Crippen LogP contribution in [0.1, 0.15) is 30.0 Å². The number of fused-ring (bicyclic) bond motifs is 1. The molecule has 1 amide bonds. The van der Waals surface area contributed by atoms with E-state index in [-0.39, 0.29) is 5.91 Å². The van der Waals surface area contributed by atoms with Crippen LogP contribution in [0.25, 0.3) is 11.6 Å². The quantitative estimate of drug-likeness (QED) is 0.347. The molecule has 3 aromatic rings. The molecule has 0 saturated carbocycles. The van der Waals surface area contributed by atoms with Gasteiger partial charge in [0, 0.05) is 22.7 Å². The average Bonchev–Trinajstić information content (AvgIpc) is 3.01. The Morgan fingerprint density at radius 1 is 0.968 bits per heavy atom. The molecule has 31 heavy (non-hydrogen) atoms. The van der Waals surface area contributed by atoms with Crippen molar-refractivity contribution < 1.29 is 9.53 Å². The summed E-state index contributed by atoms with van der Waals surface area (Å²) in [4.78, 5) is 14.8. The van der Waals surface area contributed by atoms with Crippen LogP contribution in [0.4, 0.5) is 5.69 Å². The molecule has 0 bridgehead atoms. The van der Waals surface area contributed by atoms with Gasteiger partial charge < -0.3 is 9.64 Å². The Morgan fingerprint density at radius 2 is 1.65 bits per heavy atom. The Balaban J connectivity index is 1.61. The number of nitrogens with zero attached hydrogens (tertiary/aromatic N) is 1. The highest BCUT2D eigenvalue weighted by molar-refractivity contribution is 6.38. The van der Waals surface area contributed by atoms with Crippen molar-refractivity contribution in [2.24, 2.45) is 0 Å². The van der Waals surface area contributed by atoms with Crippen LogP contribution in [0, 0.1) is 0 Å². The van der Waals surface area contributed by atoms with Gasteiger partial charge in [0.25, 0.3) is 5.91 Å². The SMILES string of the molecule is CCCN1C(=O)/C(=C\c2cc(Cl)c(OCc3ccc(Cl)cc3)c(Cl)c2)c2ccccc21. The molecular weight excluding hydrogens is 453 g/mol. The van der Waals surface area contributed by atoms with E-state index in [1.807, 2.05) is 47.4 Å². The highest BCUT2D eigenvalue weighted by Gasteiger charge is 2.31. The first kappa shape index (κ1) is 21.8. The van der Waals surface area contributed by atoms with Crippen LogP contribution in [-0.2, 0) is 11.4 Å². The number of benzene rings is 3. The highest BCUT2D eigenvalue weighted by Crippen LogP contribution is 2.40. The van der Waals surface area contributed by atoms with Crippen molar-refractivity contribution in [2.45, 2.75) is 20.0 Å². The topological polar surface area (TPSA) is 29.5 Å². The number of amides is 1. The number of anilines is 1. The van der Waals surface area contributed by atoms with Gasteiger partial charge in [-0.1, -0.05) is 72.1 Å². The highest BCUT2D eigenvalue weighted by atomic mass is 35.5. The molecule has 4 rings (SSSR count). The zero-order valence-corrected chi connectivity index (χ0v) is 19.1. The van der Waals surface area contributed by atoms with Crippen molar-refractivity contribution in [3.8, 4) is 5.75 Å². The summed E-state index contributed by atoms with van der Waals surface area (Å²) in [5, 5.41) is 1.44. The van der Waals surface area contributed by atoms with E-state index >= 15 is 0 Å². The minimum absolute atomic E-state index is 0.0154. The van der Waals surface area contributed by atoms with Gasteiger partial charge >= 0.3 is 0 Å². The van der Waals surface area contributed by atoms with Gasteiger partial charge in [-0.2, -0.15) is 0 Å². The van der Waals surface area contributed by atoms with Gasteiger partial charge in [-0.25, -0.2) is 0 Å². The Bertz CT molecular complexity index is 1130. The average molecular weight is 473 g/mol. The Kier molecular flexibility index (Phi) is 6.57. The third-order valence-corrected chi connectivity index (χ3v) is 5.85. The summed E-state index contributed by atoms with van der Waals surface area (Å²) < 4.78 is 5.84. The molecule has 1 aliphatic rings. The number of carbonyl (C=O) groups is 1. The van der Waals surface area contributed by atoms with Gasteiger partial charge in [0.1, 0.15) is 6.61 Å². The fourth-order valence-corrected chi connectivity index (χ4v) is 4.33. The molecule has 1 heterocycles. The van der Waals surface area contributed by atoms with Crippen LogP contribution in [0.3, 0.4) is 0 Å². The van der Waals surface area contributed by atoms with Gasteiger partial charge in [0.05, 0.1) is 15.7 Å². The maximum absolute atomic E-state index is 13.0. The van der Waals surface area contributed by atoms with Gasteiger partial charge in [-0.15, -0.1) is 0 Å². The van der Waals surface area contributed by atoms with Crippen molar-refractivity contribution in [3.63, 3.8) is 0 Å². The van der Waals surface area contributed by atoms with E-state index < -0.39 is 0 Å². The van der Waals surface area contributed by atoms with E-state index in [2.05, 4.69) is 6.92 Å². The van der Waals surface area contributed by atoms with Crippen LogP contribution >= 0.6 is 34.8 Å². The van der Waals surface area contributed by atoms with Gasteiger partial charge in [-0.3, -0.25) is 4.79 Å². The van der Waals surface area contributed by atoms with Crippen molar-refractivity contribution in [1.82, 2.24) is 0 Å². The van der Waals surface area contributed by atoms with Crippen molar-refractivity contribution in [2.75, 3.05) is 11.4 Å². The maximum atomic E-state index is 13.0. The molecule has 0 fully saturated rings. The Labute approximate surface area is 196 Å². The van der Waals surface area contributed by atoms with Gasteiger partial charge in [-0.05, 0) is 54.0 Å². The van der Waals surface area contributed by atoms with E-state index in [1.165, 1.54) is 0 Å². The summed E-state index contributed by atoms with van der Waals surface area (Å²) in [5.41, 5.74) is 4.17. The molecule has 3 aromatic carbocycles. The van der Waals surface area contributed by atoms with Gasteiger partial charge in [0.2, 0.25) is 0 Å². The summed E-state index contributed by atoms with van der Waals surface area (Å²) in [5.74, 6) is 0.393. The number of halogens is 3. The van der Waals surface area contributed by atoms with Crippen LogP contribution in [0.15, 0.2) is 60.7 Å². The summed E-state index contributed by atoms with van der Waals surface area (Å²) in [6.45, 7) is 3.04. The lowest BCUT2D eigenvalue weighted by Crippen LogP contribution is -2.26. The lowest BCUT2D eigenvalue weighted by Gasteiger charge is -2.15. The van der Waals surface area contributed by atoms with Crippen LogP contribution in [0.5, 0.6) is 5.75 Å². The monoisotopic (exact) mass is 471 g/mol. The second kappa shape index (κ2) is 9.35. The largest absolute Gasteiger partial charge is 0.486 e. The van der Waals surface area contributed by atoms with Crippen molar-refractivity contribution in [1.29, 1.82) is 0 Å². The molecule has 0 spiro atoms. The van der Waals surface area contributed by atoms with E-state index in [0.29, 0.717) is 39.5 Å². The number of ether oxygens (including phenoxy) is 1. The van der Waals surface area contributed by atoms with E-state index in [9.17, 15) is 4.79 Å². The van der Waals surface area contributed by atoms with Crippen LogP contribution in [-0.4, -0.2) is 12.5 Å². The van der Waals surface area contributed by atoms with E-state index in [4.69, 9.17) is 39.5 Å². The molecule has 0 atom stereocenters. The van der Waals surface area contributed by atoms with Crippen molar-refractivity contribution >= 4 is 58.0 Å². The third-order valence-electron chi connectivity index (χ3n) is 5.04. The molecule has 0 radical (unpaired) electrons. The molecule has 3 nitrogen and oxygen atoms in total. The number of para-hydroxylation sites is 1. The lowest BCUT2D eigenvalue weighted by atomic mass is 10.0. The third kappa shape index (κ3) is 4.59. The first-order chi connectivity index (χ1) is 15.0. The summed E-state index contributed by atoms with van der Waals surface area (Å²) in [6.07, 6.45) is 2.71. The molecular formula is C25H20Cl3NO2. The fraction of sp³-hybridized carbons (Fsp3) is 0.160. The zero-order valence-electron chi connectivity index (χ0n) is 16.9. The molecule has 0 aliphatic carbocycles. The standard InChI is InChI=1S/C25H20Cl3NO2/c1-2-11-29-23-6-4-3-5-19(23)20(25(29)30)12-17-13-21(27)24(22(28)14-17)31-15-16-7-9-18(26)10-8-16/h3-10,12-14H,2,11,15H2,1H3/b20-12-. The number of hydrogen-bond acceptors (Lipinski definition) is 2. The summed E-state index contributed by atoms with van der Waals surface area (Å²) in [7, 11) is 0. The molecule has 0 unspecified atom stereocenters. The van der Waals surface area contributed by atoms with E-state index in [0.717, 1.165) is 28.8 Å². The number of rotatable bonds is 6. The fourth-order valence-electron chi connectivity index (χ4n) is 3.60. The van der Waals surface area contributed by atoms with E-state index in [1.54, 1.807) is 24.3 Å². The minimum Gasteiger partial charge on any atom is -0.486 e. The van der Waals surface area contributed by atoms with Crippen molar-refractivity contribution in [3.05, 3.63) is 92.4 Å². The second-order valence-electron chi connectivity index (χ2n) is 7.26. The first-order valence-electron chi connectivity index (χ1n) is 9.97. The molecule has 0 aromatic heterocycles. The zero-order chi connectivity index (χ0) is 22.0. The lowest BCUT2D eigenvalue weighted by molar-refractivity contribution is -0.113. The first-order valence-corrected chi connectivity index (χ1v) is 11.1. The molecule has 158 valence electrons. The van der Waals surface area contributed by atoms with Crippen LogP contribution < -0.4 is 9.64 Å². The molecule has 1 aliphatic heterocycles. The maximum Gasteiger partial charge on any atom is 0.258 e. The number of carbonyl (C=O) groups excluding carboxylic acids is 1. The predicted octanol–water partition coefficient (Wildman–Crippen LogP) is 7.52. The Morgan fingerprint density at radius 3 is 2.32 bits per heavy atom. The van der Waals surface area contributed by atoms with Crippen LogP contribution in [0.2, 0.25) is 15.1 Å². The Hall–Kier alpha value is -2.46. The molecule has 0 saturated heterocycles. The smallest absolute Gasteiger partial charge is 0.258 e. The molecule has 6 heteroatoms. The van der Waals surface area contributed by atoms with Gasteiger partial charge in [0.15, 0.2) is 5.75 Å².